The molecule has 0 spiro atoms. The number of H-pyrrole nitrogens is 1. The van der Waals surface area contributed by atoms with E-state index in [9.17, 15) is 4.79 Å². The van der Waals surface area contributed by atoms with E-state index in [1.54, 1.807) is 18.2 Å². The molecule has 4 nitrogen and oxygen atoms in total. The number of hydrogen-bond donors (Lipinski definition) is 2. The Bertz CT molecular complexity index is 775. The van der Waals surface area contributed by atoms with Crippen LogP contribution >= 0.6 is 0 Å². The van der Waals surface area contributed by atoms with Crippen molar-refractivity contribution in [2.45, 2.75) is 6.92 Å². The van der Waals surface area contributed by atoms with Crippen LogP contribution in [0.15, 0.2) is 42.5 Å². The minimum atomic E-state index is -0.914. The third kappa shape index (κ3) is 1.97. The molecule has 0 saturated carbocycles. The zero-order valence-corrected chi connectivity index (χ0v) is 10.3. The van der Waals surface area contributed by atoms with Gasteiger partial charge in [-0.05, 0) is 42.3 Å². The number of nitrogens with one attached hydrogen (secondary N) is 1. The quantitative estimate of drug-likeness (QED) is 0.735. The van der Waals surface area contributed by atoms with Crippen LogP contribution in [0, 0.1) is 6.92 Å². The second kappa shape index (κ2) is 4.24. The average molecular weight is 252 g/mol. The normalized spacial score (nSPS) is 10.8. The zero-order valence-electron chi connectivity index (χ0n) is 10.3. The molecule has 2 aromatic carbocycles. The van der Waals surface area contributed by atoms with Crippen molar-refractivity contribution in [2.24, 2.45) is 0 Å². The Balaban J connectivity index is 2.15. The first kappa shape index (κ1) is 11.5. The van der Waals surface area contributed by atoms with E-state index in [1.165, 1.54) is 0 Å². The summed E-state index contributed by atoms with van der Waals surface area (Å²) in [5.41, 5.74) is 4.09. The number of benzene rings is 2. The maximum absolute atomic E-state index is 11.0. The second-order valence-electron chi connectivity index (χ2n) is 4.46. The molecule has 1 aromatic heterocycles. The molecule has 3 aromatic rings. The minimum absolute atomic E-state index is 0.293. The number of carbonyl (C=O) groups is 1. The topological polar surface area (TPSA) is 66.0 Å². The Morgan fingerprint density at radius 2 is 1.95 bits per heavy atom. The predicted molar refractivity (Wildman–Crippen MR) is 73.2 cm³/mol. The molecule has 0 amide bonds. The fraction of sp³-hybridized carbons (Fsp3) is 0.0667. The smallest absolute Gasteiger partial charge is 0.335 e. The minimum Gasteiger partial charge on any atom is -0.478 e. The van der Waals surface area contributed by atoms with E-state index in [-0.39, 0.29) is 0 Å². The van der Waals surface area contributed by atoms with Crippen LogP contribution in [0.1, 0.15) is 16.1 Å². The van der Waals surface area contributed by atoms with Gasteiger partial charge in [0.15, 0.2) is 0 Å². The molecule has 3 rings (SSSR count). The number of aromatic amines is 1. The summed E-state index contributed by atoms with van der Waals surface area (Å²) < 4.78 is 0. The summed E-state index contributed by atoms with van der Waals surface area (Å²) >= 11 is 0. The van der Waals surface area contributed by atoms with Crippen LogP contribution in [0.2, 0.25) is 0 Å². The highest BCUT2D eigenvalue weighted by molar-refractivity contribution is 5.91. The lowest BCUT2D eigenvalue weighted by Crippen LogP contribution is -1.95. The molecule has 94 valence electrons. The molecule has 0 saturated heterocycles. The van der Waals surface area contributed by atoms with Gasteiger partial charge in [-0.25, -0.2) is 4.79 Å². The molecule has 1 heterocycles. The van der Waals surface area contributed by atoms with Crippen molar-refractivity contribution in [3.8, 4) is 11.1 Å². The van der Waals surface area contributed by atoms with Gasteiger partial charge in [0.05, 0.1) is 16.8 Å². The van der Waals surface area contributed by atoms with E-state index in [2.05, 4.69) is 10.2 Å². The first-order chi connectivity index (χ1) is 9.15. The van der Waals surface area contributed by atoms with Gasteiger partial charge in [-0.1, -0.05) is 18.2 Å². The predicted octanol–water partition coefficient (Wildman–Crippen LogP) is 3.24. The third-order valence-electron chi connectivity index (χ3n) is 3.20. The molecule has 0 fully saturated rings. The average Bonchev–Trinajstić information content (AvgIpc) is 2.80. The van der Waals surface area contributed by atoms with Crippen molar-refractivity contribution in [1.29, 1.82) is 0 Å². The summed E-state index contributed by atoms with van der Waals surface area (Å²) in [6.07, 6.45) is 0. The number of nitrogens with zero attached hydrogens (tertiary/aromatic N) is 1. The summed E-state index contributed by atoms with van der Waals surface area (Å²) in [6, 6.07) is 12.9. The maximum atomic E-state index is 11.0. The van der Waals surface area contributed by atoms with Gasteiger partial charge in [-0.3, -0.25) is 5.10 Å². The number of rotatable bonds is 2. The van der Waals surface area contributed by atoms with Crippen LogP contribution in [-0.2, 0) is 0 Å². The fourth-order valence-corrected chi connectivity index (χ4v) is 2.16. The number of aryl methyl sites for hydroxylation is 1. The summed E-state index contributed by atoms with van der Waals surface area (Å²) in [6.45, 7) is 1.94. The Labute approximate surface area is 109 Å². The Morgan fingerprint density at radius 3 is 2.74 bits per heavy atom. The van der Waals surface area contributed by atoms with E-state index in [0.717, 1.165) is 27.7 Å². The van der Waals surface area contributed by atoms with E-state index < -0.39 is 5.97 Å². The van der Waals surface area contributed by atoms with E-state index in [1.807, 2.05) is 31.2 Å². The van der Waals surface area contributed by atoms with Crippen LogP contribution in [0.5, 0.6) is 0 Å². The van der Waals surface area contributed by atoms with Gasteiger partial charge in [0.25, 0.3) is 0 Å². The summed E-state index contributed by atoms with van der Waals surface area (Å²) in [5.74, 6) is -0.914. The standard InChI is InChI=1S/C15H12N2O2/c1-9-13-8-11(5-6-14(13)17-16-9)10-3-2-4-12(7-10)15(18)19/h2-8H,1H3,(H,16,17)(H,18,19). The molecule has 0 aliphatic carbocycles. The molecule has 0 aliphatic heterocycles. The molecule has 0 radical (unpaired) electrons. The number of hydrogen-bond acceptors (Lipinski definition) is 2. The molecule has 0 aliphatic rings. The summed E-state index contributed by atoms with van der Waals surface area (Å²) in [4.78, 5) is 11.0. The van der Waals surface area contributed by atoms with Crippen LogP contribution in [0.4, 0.5) is 0 Å². The molecule has 4 heteroatoms. The maximum Gasteiger partial charge on any atom is 0.335 e. The van der Waals surface area contributed by atoms with Crippen LogP contribution in [0.3, 0.4) is 0 Å². The zero-order chi connectivity index (χ0) is 13.4. The van der Waals surface area contributed by atoms with Gasteiger partial charge in [-0.15, -0.1) is 0 Å². The van der Waals surface area contributed by atoms with Crippen molar-refractivity contribution in [2.75, 3.05) is 0 Å². The lowest BCUT2D eigenvalue weighted by atomic mass is 10.0. The van der Waals surface area contributed by atoms with E-state index >= 15 is 0 Å². The van der Waals surface area contributed by atoms with Gasteiger partial charge < -0.3 is 5.11 Å². The van der Waals surface area contributed by atoms with Crippen molar-refractivity contribution in [1.82, 2.24) is 10.2 Å². The monoisotopic (exact) mass is 252 g/mol. The van der Waals surface area contributed by atoms with Crippen molar-refractivity contribution in [3.63, 3.8) is 0 Å². The first-order valence-corrected chi connectivity index (χ1v) is 5.93. The highest BCUT2D eigenvalue weighted by Crippen LogP contribution is 2.25. The van der Waals surface area contributed by atoms with Crippen LogP contribution < -0.4 is 0 Å². The van der Waals surface area contributed by atoms with Gasteiger partial charge in [-0.2, -0.15) is 5.10 Å². The molecule has 0 unspecified atom stereocenters. The Morgan fingerprint density at radius 1 is 1.16 bits per heavy atom. The number of carboxylic acid groups (broad SMARTS) is 1. The Kier molecular flexibility index (Phi) is 2.56. The Hall–Kier alpha value is -2.62. The van der Waals surface area contributed by atoms with Gasteiger partial charge in [0.2, 0.25) is 0 Å². The lowest BCUT2D eigenvalue weighted by Gasteiger charge is -2.03. The van der Waals surface area contributed by atoms with E-state index in [0.29, 0.717) is 5.56 Å². The van der Waals surface area contributed by atoms with Gasteiger partial charge >= 0.3 is 5.97 Å². The molecular weight excluding hydrogens is 240 g/mol. The van der Waals surface area contributed by atoms with Crippen molar-refractivity contribution >= 4 is 16.9 Å². The molecule has 19 heavy (non-hydrogen) atoms. The molecule has 0 atom stereocenters. The first-order valence-electron chi connectivity index (χ1n) is 5.93. The van der Waals surface area contributed by atoms with Gasteiger partial charge in [0, 0.05) is 5.39 Å². The SMILES string of the molecule is Cc1n[nH]c2ccc(-c3cccc(C(=O)O)c3)cc12. The number of aromatic nitrogens is 2. The molecular formula is C15H12N2O2. The van der Waals surface area contributed by atoms with Gasteiger partial charge in [0.1, 0.15) is 0 Å². The number of aromatic carboxylic acids is 1. The largest absolute Gasteiger partial charge is 0.478 e. The van der Waals surface area contributed by atoms with Crippen molar-refractivity contribution in [3.05, 3.63) is 53.7 Å². The second-order valence-corrected chi connectivity index (χ2v) is 4.46. The van der Waals surface area contributed by atoms with Crippen LogP contribution in [-0.4, -0.2) is 21.3 Å². The highest BCUT2D eigenvalue weighted by Gasteiger charge is 2.07. The number of carboxylic acids is 1. The lowest BCUT2D eigenvalue weighted by molar-refractivity contribution is 0.0697. The third-order valence-corrected chi connectivity index (χ3v) is 3.20. The number of fused-ring (bicyclic) bond motifs is 1. The summed E-state index contributed by atoms with van der Waals surface area (Å²) in [7, 11) is 0. The summed E-state index contributed by atoms with van der Waals surface area (Å²) in [5, 5.41) is 17.2. The highest BCUT2D eigenvalue weighted by atomic mass is 16.4. The molecule has 0 bridgehead atoms. The van der Waals surface area contributed by atoms with Crippen LogP contribution in [0.25, 0.3) is 22.0 Å². The van der Waals surface area contributed by atoms with E-state index in [4.69, 9.17) is 5.11 Å². The molecule has 2 N–H and O–H groups in total. The fourth-order valence-electron chi connectivity index (χ4n) is 2.16. The van der Waals surface area contributed by atoms with Crippen molar-refractivity contribution < 1.29 is 9.90 Å².